The molecule has 0 saturated carbocycles. The Bertz CT molecular complexity index is 1420. The van der Waals surface area contributed by atoms with Crippen molar-refractivity contribution >= 4 is 67.1 Å². The molecule has 3 heterocycles. The van der Waals surface area contributed by atoms with E-state index < -0.39 is 0 Å². The van der Waals surface area contributed by atoms with Crippen molar-refractivity contribution in [3.05, 3.63) is 105 Å². The van der Waals surface area contributed by atoms with E-state index in [0.717, 1.165) is 26.5 Å². The van der Waals surface area contributed by atoms with Crippen LogP contribution in [0.3, 0.4) is 0 Å². The highest BCUT2D eigenvalue weighted by atomic mass is 79.9. The third-order valence-electron chi connectivity index (χ3n) is 5.40. The van der Waals surface area contributed by atoms with Gasteiger partial charge in [0.05, 0.1) is 18.0 Å². The van der Waals surface area contributed by atoms with E-state index in [9.17, 15) is 9.18 Å². The van der Waals surface area contributed by atoms with E-state index >= 15 is 0 Å². The van der Waals surface area contributed by atoms with Gasteiger partial charge in [-0.25, -0.2) is 4.39 Å². The summed E-state index contributed by atoms with van der Waals surface area (Å²) in [6.07, 6.45) is 7.26. The highest BCUT2D eigenvalue weighted by Crippen LogP contribution is 2.36. The Hall–Kier alpha value is -2.81. The highest BCUT2D eigenvalue weighted by molar-refractivity contribution is 9.10. The molecule has 4 nitrogen and oxygen atoms in total. The Morgan fingerprint density at radius 2 is 1.97 bits per heavy atom. The summed E-state index contributed by atoms with van der Waals surface area (Å²) in [5.74, 6) is -0.367. The van der Waals surface area contributed by atoms with Crippen LogP contribution in [0.5, 0.6) is 0 Å². The van der Waals surface area contributed by atoms with Crippen molar-refractivity contribution < 1.29 is 9.18 Å². The fraction of sp³-hybridized carbons (Fsp3) is 0.0800. The Morgan fingerprint density at radius 1 is 1.12 bits per heavy atom. The van der Waals surface area contributed by atoms with Gasteiger partial charge in [-0.2, -0.15) is 0 Å². The topological polar surface area (TPSA) is 38.1 Å². The number of halogens is 2. The predicted octanol–water partition coefficient (Wildman–Crippen LogP) is 6.39. The van der Waals surface area contributed by atoms with Crippen LogP contribution in [-0.4, -0.2) is 24.7 Å². The molecule has 2 aromatic heterocycles. The molecule has 1 amide bonds. The molecule has 1 aliphatic rings. The van der Waals surface area contributed by atoms with Gasteiger partial charge in [-0.15, -0.1) is 0 Å². The van der Waals surface area contributed by atoms with Gasteiger partial charge in [0.15, 0.2) is 0 Å². The second-order valence-corrected chi connectivity index (χ2v) is 10.2. The van der Waals surface area contributed by atoms with Gasteiger partial charge in [0.2, 0.25) is 0 Å². The highest BCUT2D eigenvalue weighted by Gasteiger charge is 2.32. The van der Waals surface area contributed by atoms with Crippen LogP contribution in [0.15, 0.2) is 82.6 Å². The van der Waals surface area contributed by atoms with E-state index in [1.807, 2.05) is 53.2 Å². The van der Waals surface area contributed by atoms with E-state index in [4.69, 9.17) is 12.2 Å². The summed E-state index contributed by atoms with van der Waals surface area (Å²) in [7, 11) is 0. The molecule has 2 aromatic carbocycles. The lowest BCUT2D eigenvalue weighted by Crippen LogP contribution is -2.27. The molecule has 0 aliphatic carbocycles. The van der Waals surface area contributed by atoms with E-state index in [0.29, 0.717) is 27.9 Å². The molecule has 8 heteroatoms. The summed E-state index contributed by atoms with van der Waals surface area (Å²) >= 11 is 10.3. The van der Waals surface area contributed by atoms with Gasteiger partial charge in [0, 0.05) is 45.1 Å². The zero-order valence-corrected chi connectivity index (χ0v) is 20.5. The SMILES string of the molecule is O=C1/C(=C/c2cn(Cc3ccccc3F)c3ccc(Br)cc23)SC(=S)N1Cc1cccnc1. The van der Waals surface area contributed by atoms with Gasteiger partial charge in [-0.1, -0.05) is 64.2 Å². The maximum atomic E-state index is 14.3. The fourth-order valence-electron chi connectivity index (χ4n) is 3.80. The average molecular weight is 538 g/mol. The molecule has 0 unspecified atom stereocenters. The number of hydrogen-bond donors (Lipinski definition) is 0. The van der Waals surface area contributed by atoms with Crippen LogP contribution in [-0.2, 0) is 17.9 Å². The summed E-state index contributed by atoms with van der Waals surface area (Å²) in [5, 5.41) is 0.971. The van der Waals surface area contributed by atoms with E-state index in [1.165, 1.54) is 17.8 Å². The summed E-state index contributed by atoms with van der Waals surface area (Å²) in [5.41, 5.74) is 3.36. The minimum absolute atomic E-state index is 0.126. The molecule has 5 rings (SSSR count). The molecule has 4 aromatic rings. The predicted molar refractivity (Wildman–Crippen MR) is 138 cm³/mol. The second kappa shape index (κ2) is 9.21. The van der Waals surface area contributed by atoms with Gasteiger partial charge >= 0.3 is 0 Å². The summed E-state index contributed by atoms with van der Waals surface area (Å²) in [6, 6.07) is 16.5. The van der Waals surface area contributed by atoms with Crippen molar-refractivity contribution in [1.29, 1.82) is 0 Å². The van der Waals surface area contributed by atoms with Crippen LogP contribution < -0.4 is 0 Å². The van der Waals surface area contributed by atoms with E-state index in [1.54, 1.807) is 29.4 Å². The van der Waals surface area contributed by atoms with Crippen LogP contribution in [0.25, 0.3) is 17.0 Å². The normalized spacial score (nSPS) is 15.2. The Morgan fingerprint density at radius 3 is 2.76 bits per heavy atom. The minimum Gasteiger partial charge on any atom is -0.342 e. The number of rotatable bonds is 5. The molecule has 0 bridgehead atoms. The number of nitrogens with zero attached hydrogens (tertiary/aromatic N) is 3. The largest absolute Gasteiger partial charge is 0.342 e. The molecular weight excluding hydrogens is 521 g/mol. The smallest absolute Gasteiger partial charge is 0.266 e. The third-order valence-corrected chi connectivity index (χ3v) is 7.27. The maximum absolute atomic E-state index is 14.3. The maximum Gasteiger partial charge on any atom is 0.266 e. The number of benzene rings is 2. The molecule has 164 valence electrons. The first-order valence-electron chi connectivity index (χ1n) is 10.2. The van der Waals surface area contributed by atoms with Gasteiger partial charge < -0.3 is 4.57 Å². The molecule has 1 fully saturated rings. The van der Waals surface area contributed by atoms with Crippen molar-refractivity contribution in [1.82, 2.24) is 14.5 Å². The molecule has 33 heavy (non-hydrogen) atoms. The number of thioether (sulfide) groups is 1. The molecule has 0 spiro atoms. The Balaban J connectivity index is 1.51. The summed E-state index contributed by atoms with van der Waals surface area (Å²) in [6.45, 7) is 0.775. The summed E-state index contributed by atoms with van der Waals surface area (Å²) in [4.78, 5) is 19.4. The number of aromatic nitrogens is 2. The van der Waals surface area contributed by atoms with E-state index in [2.05, 4.69) is 20.9 Å². The van der Waals surface area contributed by atoms with Gasteiger partial charge in [-0.05, 0) is 42.0 Å². The zero-order valence-electron chi connectivity index (χ0n) is 17.2. The third kappa shape index (κ3) is 4.51. The molecule has 0 N–H and O–H groups in total. The van der Waals surface area contributed by atoms with Crippen molar-refractivity contribution in [2.24, 2.45) is 0 Å². The number of fused-ring (bicyclic) bond motifs is 1. The number of thiocarbonyl (C=S) groups is 1. The number of amides is 1. The lowest BCUT2D eigenvalue weighted by atomic mass is 10.1. The molecule has 0 atom stereocenters. The fourth-order valence-corrected chi connectivity index (χ4v) is 5.41. The van der Waals surface area contributed by atoms with Crippen LogP contribution in [0.1, 0.15) is 16.7 Å². The van der Waals surface area contributed by atoms with Crippen LogP contribution in [0.2, 0.25) is 0 Å². The second-order valence-electron chi connectivity index (χ2n) is 7.59. The Kier molecular flexibility index (Phi) is 6.14. The molecular formula is C25H17BrFN3OS2. The molecule has 1 aliphatic heterocycles. The number of carbonyl (C=O) groups is 1. The lowest BCUT2D eigenvalue weighted by Gasteiger charge is -2.13. The van der Waals surface area contributed by atoms with Crippen molar-refractivity contribution in [3.63, 3.8) is 0 Å². The zero-order chi connectivity index (χ0) is 22.9. The first-order chi connectivity index (χ1) is 16.0. The first kappa shape index (κ1) is 22.0. The Labute approximate surface area is 208 Å². The standard InChI is InChI=1S/C25H17BrFN3OS2/c26-19-7-8-22-20(11-19)18(15-29(22)14-17-5-1-2-6-21(17)27)10-23-24(31)30(25(32)33-23)13-16-4-3-9-28-12-16/h1-12,15H,13-14H2/b23-10-. The van der Waals surface area contributed by atoms with Gasteiger partial charge in [0.1, 0.15) is 10.1 Å². The van der Waals surface area contributed by atoms with Crippen LogP contribution in [0, 0.1) is 5.82 Å². The van der Waals surface area contributed by atoms with E-state index in [-0.39, 0.29) is 11.7 Å². The molecule has 0 radical (unpaired) electrons. The van der Waals surface area contributed by atoms with Crippen LogP contribution in [0.4, 0.5) is 4.39 Å². The first-order valence-corrected chi connectivity index (χ1v) is 12.2. The average Bonchev–Trinajstić information content (AvgIpc) is 3.27. The molecule has 1 saturated heterocycles. The minimum atomic E-state index is -0.241. The van der Waals surface area contributed by atoms with Gasteiger partial charge in [0.25, 0.3) is 5.91 Å². The van der Waals surface area contributed by atoms with Crippen molar-refractivity contribution in [3.8, 4) is 0 Å². The van der Waals surface area contributed by atoms with Crippen LogP contribution >= 0.6 is 39.9 Å². The number of hydrogen-bond acceptors (Lipinski definition) is 4. The van der Waals surface area contributed by atoms with Crippen molar-refractivity contribution in [2.75, 3.05) is 0 Å². The lowest BCUT2D eigenvalue weighted by molar-refractivity contribution is -0.122. The number of pyridine rings is 1. The van der Waals surface area contributed by atoms with Crippen molar-refractivity contribution in [2.45, 2.75) is 13.1 Å². The monoisotopic (exact) mass is 537 g/mol. The quantitative estimate of drug-likeness (QED) is 0.218. The summed E-state index contributed by atoms with van der Waals surface area (Å²) < 4.78 is 17.7. The van der Waals surface area contributed by atoms with Gasteiger partial charge in [-0.3, -0.25) is 14.7 Å². The number of carbonyl (C=O) groups excluding carboxylic acids is 1.